The fourth-order valence-electron chi connectivity index (χ4n) is 2.04. The standard InChI is InChI=1S/C15H19N3O5/c1-9-17-18-13(23-9)5-6-16-15(19)10-7-11(20-2)14(22-4)12(8-10)21-3/h7-8H,5-6H2,1-4H3,(H,16,19). The zero-order chi connectivity index (χ0) is 16.8. The maximum Gasteiger partial charge on any atom is 0.251 e. The van der Waals surface area contributed by atoms with Gasteiger partial charge in [-0.3, -0.25) is 4.79 Å². The van der Waals surface area contributed by atoms with Crippen molar-refractivity contribution in [3.63, 3.8) is 0 Å². The second kappa shape index (κ2) is 7.48. The Kier molecular flexibility index (Phi) is 5.40. The third-order valence-corrected chi connectivity index (χ3v) is 3.12. The molecule has 1 N–H and O–H groups in total. The van der Waals surface area contributed by atoms with E-state index in [9.17, 15) is 4.79 Å². The highest BCUT2D eigenvalue weighted by Crippen LogP contribution is 2.38. The lowest BCUT2D eigenvalue weighted by Gasteiger charge is -2.14. The van der Waals surface area contributed by atoms with Crippen molar-refractivity contribution in [1.29, 1.82) is 0 Å². The van der Waals surface area contributed by atoms with Crippen LogP contribution < -0.4 is 19.5 Å². The highest BCUT2D eigenvalue weighted by Gasteiger charge is 2.17. The second-order valence-corrected chi connectivity index (χ2v) is 4.63. The van der Waals surface area contributed by atoms with E-state index in [1.165, 1.54) is 21.3 Å². The van der Waals surface area contributed by atoms with Crippen LogP contribution in [0.25, 0.3) is 0 Å². The Hall–Kier alpha value is -2.77. The molecule has 0 aliphatic rings. The molecule has 1 heterocycles. The second-order valence-electron chi connectivity index (χ2n) is 4.63. The van der Waals surface area contributed by atoms with Crippen LogP contribution in [0.1, 0.15) is 22.1 Å². The fraction of sp³-hybridized carbons (Fsp3) is 0.400. The third-order valence-electron chi connectivity index (χ3n) is 3.12. The van der Waals surface area contributed by atoms with E-state index in [1.807, 2.05) is 0 Å². The van der Waals surface area contributed by atoms with Gasteiger partial charge in [0.1, 0.15) is 0 Å². The highest BCUT2D eigenvalue weighted by molar-refractivity contribution is 5.95. The molecule has 124 valence electrons. The molecule has 0 aliphatic heterocycles. The topological polar surface area (TPSA) is 95.7 Å². The molecule has 0 saturated carbocycles. The van der Waals surface area contributed by atoms with Gasteiger partial charge in [-0.1, -0.05) is 0 Å². The Morgan fingerprint density at radius 3 is 2.26 bits per heavy atom. The molecule has 0 unspecified atom stereocenters. The molecule has 0 fully saturated rings. The lowest BCUT2D eigenvalue weighted by molar-refractivity contribution is 0.0952. The number of benzene rings is 1. The van der Waals surface area contributed by atoms with Crippen LogP contribution in [0.5, 0.6) is 17.2 Å². The van der Waals surface area contributed by atoms with Crippen molar-refractivity contribution < 1.29 is 23.4 Å². The van der Waals surface area contributed by atoms with E-state index < -0.39 is 0 Å². The first-order valence-electron chi connectivity index (χ1n) is 6.96. The van der Waals surface area contributed by atoms with Crippen LogP contribution in [0, 0.1) is 6.92 Å². The number of nitrogens with one attached hydrogen (secondary N) is 1. The van der Waals surface area contributed by atoms with Gasteiger partial charge in [-0.25, -0.2) is 0 Å². The van der Waals surface area contributed by atoms with Gasteiger partial charge in [-0.2, -0.15) is 0 Å². The van der Waals surface area contributed by atoms with Gasteiger partial charge >= 0.3 is 0 Å². The lowest BCUT2D eigenvalue weighted by Crippen LogP contribution is -2.25. The van der Waals surface area contributed by atoms with Gasteiger partial charge in [0.05, 0.1) is 21.3 Å². The van der Waals surface area contributed by atoms with Gasteiger partial charge < -0.3 is 23.9 Å². The summed E-state index contributed by atoms with van der Waals surface area (Å²) in [4.78, 5) is 12.2. The molecular formula is C15H19N3O5. The number of ether oxygens (including phenoxy) is 3. The Labute approximate surface area is 133 Å². The minimum Gasteiger partial charge on any atom is -0.493 e. The van der Waals surface area contributed by atoms with E-state index in [0.717, 1.165) is 0 Å². The number of nitrogens with zero attached hydrogens (tertiary/aromatic N) is 2. The molecule has 0 atom stereocenters. The molecule has 8 nitrogen and oxygen atoms in total. The Bertz CT molecular complexity index is 658. The van der Waals surface area contributed by atoms with Crippen LogP contribution >= 0.6 is 0 Å². The molecule has 0 spiro atoms. The maximum atomic E-state index is 12.2. The average molecular weight is 321 g/mol. The summed E-state index contributed by atoms with van der Waals surface area (Å²) in [6.45, 7) is 2.09. The molecule has 8 heteroatoms. The Morgan fingerprint density at radius 2 is 1.78 bits per heavy atom. The van der Waals surface area contributed by atoms with Crippen LogP contribution in [-0.4, -0.2) is 44.0 Å². The summed E-state index contributed by atoms with van der Waals surface area (Å²) in [6.07, 6.45) is 0.455. The number of methoxy groups -OCH3 is 3. The van der Waals surface area contributed by atoms with E-state index in [-0.39, 0.29) is 5.91 Å². The van der Waals surface area contributed by atoms with Crippen LogP contribution in [0.2, 0.25) is 0 Å². The van der Waals surface area contributed by atoms with Gasteiger partial charge in [-0.05, 0) is 12.1 Å². The van der Waals surface area contributed by atoms with Gasteiger partial charge in [0.2, 0.25) is 17.5 Å². The first kappa shape index (κ1) is 16.6. The largest absolute Gasteiger partial charge is 0.493 e. The fourth-order valence-corrected chi connectivity index (χ4v) is 2.04. The van der Waals surface area contributed by atoms with Crippen molar-refractivity contribution >= 4 is 5.91 Å². The average Bonchev–Trinajstić information content (AvgIpc) is 2.98. The van der Waals surface area contributed by atoms with E-state index in [1.54, 1.807) is 19.1 Å². The summed E-state index contributed by atoms with van der Waals surface area (Å²) < 4.78 is 20.9. The van der Waals surface area contributed by atoms with Gasteiger partial charge in [0.15, 0.2) is 11.5 Å². The maximum absolute atomic E-state index is 12.2. The van der Waals surface area contributed by atoms with E-state index in [2.05, 4.69) is 15.5 Å². The quantitative estimate of drug-likeness (QED) is 0.823. The molecule has 0 saturated heterocycles. The summed E-state index contributed by atoms with van der Waals surface area (Å²) in [5.74, 6) is 1.99. The number of carbonyl (C=O) groups excluding carboxylic acids is 1. The molecular weight excluding hydrogens is 302 g/mol. The molecule has 2 aromatic rings. The Morgan fingerprint density at radius 1 is 1.13 bits per heavy atom. The van der Waals surface area contributed by atoms with E-state index in [4.69, 9.17) is 18.6 Å². The van der Waals surface area contributed by atoms with Crippen molar-refractivity contribution in [3.05, 3.63) is 29.5 Å². The minimum atomic E-state index is -0.263. The van der Waals surface area contributed by atoms with Crippen molar-refractivity contribution in [1.82, 2.24) is 15.5 Å². The predicted molar refractivity (Wildman–Crippen MR) is 81.2 cm³/mol. The summed E-state index contributed by atoms with van der Waals surface area (Å²) in [5, 5.41) is 10.4. The van der Waals surface area contributed by atoms with Crippen molar-refractivity contribution in [3.8, 4) is 17.2 Å². The van der Waals surface area contributed by atoms with Crippen LogP contribution in [0.4, 0.5) is 0 Å². The van der Waals surface area contributed by atoms with Gasteiger partial charge in [0.25, 0.3) is 5.91 Å². The Balaban J connectivity index is 2.06. The van der Waals surface area contributed by atoms with Crippen molar-refractivity contribution in [2.75, 3.05) is 27.9 Å². The summed E-state index contributed by atoms with van der Waals surface area (Å²) in [6, 6.07) is 3.18. The number of aryl methyl sites for hydroxylation is 1. The SMILES string of the molecule is COc1cc(C(=O)NCCc2nnc(C)o2)cc(OC)c1OC. The zero-order valence-electron chi connectivity index (χ0n) is 13.5. The first-order valence-corrected chi connectivity index (χ1v) is 6.96. The van der Waals surface area contributed by atoms with E-state index in [0.29, 0.717) is 47.6 Å². The summed E-state index contributed by atoms with van der Waals surface area (Å²) in [5.41, 5.74) is 0.404. The van der Waals surface area contributed by atoms with Crippen molar-refractivity contribution in [2.45, 2.75) is 13.3 Å². The lowest BCUT2D eigenvalue weighted by atomic mass is 10.1. The molecule has 1 aromatic heterocycles. The normalized spacial score (nSPS) is 10.3. The molecule has 0 aliphatic carbocycles. The number of aromatic nitrogens is 2. The number of hydrogen-bond donors (Lipinski definition) is 1. The highest BCUT2D eigenvalue weighted by atomic mass is 16.5. The number of rotatable bonds is 7. The number of carbonyl (C=O) groups is 1. The predicted octanol–water partition coefficient (Wildman–Crippen LogP) is 1.38. The van der Waals surface area contributed by atoms with Crippen molar-refractivity contribution in [2.24, 2.45) is 0 Å². The number of amides is 1. The summed E-state index contributed by atoms with van der Waals surface area (Å²) in [7, 11) is 4.50. The number of hydrogen-bond acceptors (Lipinski definition) is 7. The molecule has 23 heavy (non-hydrogen) atoms. The third kappa shape index (κ3) is 3.91. The monoisotopic (exact) mass is 321 g/mol. The molecule has 1 amide bonds. The smallest absolute Gasteiger partial charge is 0.251 e. The molecule has 0 radical (unpaired) electrons. The van der Waals surface area contributed by atoms with Crippen LogP contribution in [0.3, 0.4) is 0 Å². The summed E-state index contributed by atoms with van der Waals surface area (Å²) >= 11 is 0. The van der Waals surface area contributed by atoms with Crippen LogP contribution in [0.15, 0.2) is 16.5 Å². The first-order chi connectivity index (χ1) is 11.1. The zero-order valence-corrected chi connectivity index (χ0v) is 13.5. The minimum absolute atomic E-state index is 0.263. The molecule has 2 rings (SSSR count). The van der Waals surface area contributed by atoms with E-state index >= 15 is 0 Å². The van der Waals surface area contributed by atoms with Crippen LogP contribution in [-0.2, 0) is 6.42 Å². The molecule has 0 bridgehead atoms. The van der Waals surface area contributed by atoms with Gasteiger partial charge in [-0.15, -0.1) is 10.2 Å². The van der Waals surface area contributed by atoms with Gasteiger partial charge in [0, 0.05) is 25.5 Å². The molecule has 1 aromatic carbocycles.